The summed E-state index contributed by atoms with van der Waals surface area (Å²) in [7, 11) is 2.27. The summed E-state index contributed by atoms with van der Waals surface area (Å²) < 4.78 is 0. The largest absolute Gasteiger partial charge is 0.328 e. The van der Waals surface area contributed by atoms with E-state index in [0.29, 0.717) is 6.04 Å². The summed E-state index contributed by atoms with van der Waals surface area (Å²) in [5.41, 5.74) is 5.95. The zero-order valence-corrected chi connectivity index (χ0v) is 11.2. The van der Waals surface area contributed by atoms with Crippen LogP contribution >= 0.6 is 11.8 Å². The first kappa shape index (κ1) is 13.3. The van der Waals surface area contributed by atoms with Crippen molar-refractivity contribution in [1.82, 2.24) is 4.90 Å². The SMILES string of the molecule is CCC(CSC)N(C)CC1CCC(N)C1. The first-order valence-electron chi connectivity index (χ1n) is 6.12. The maximum atomic E-state index is 5.95. The maximum Gasteiger partial charge on any atom is 0.0180 e. The second-order valence-electron chi connectivity index (χ2n) is 4.90. The molecule has 1 fully saturated rings. The monoisotopic (exact) mass is 230 g/mol. The highest BCUT2D eigenvalue weighted by Crippen LogP contribution is 2.25. The van der Waals surface area contributed by atoms with E-state index < -0.39 is 0 Å². The Morgan fingerprint density at radius 2 is 2.20 bits per heavy atom. The molecule has 3 atom stereocenters. The minimum Gasteiger partial charge on any atom is -0.328 e. The smallest absolute Gasteiger partial charge is 0.0180 e. The highest BCUT2D eigenvalue weighted by atomic mass is 32.2. The lowest BCUT2D eigenvalue weighted by Crippen LogP contribution is -2.36. The van der Waals surface area contributed by atoms with E-state index in [1.165, 1.54) is 38.0 Å². The van der Waals surface area contributed by atoms with Gasteiger partial charge in [0, 0.05) is 24.4 Å². The van der Waals surface area contributed by atoms with Crippen LogP contribution in [0.5, 0.6) is 0 Å². The van der Waals surface area contributed by atoms with Gasteiger partial charge in [0.25, 0.3) is 0 Å². The van der Waals surface area contributed by atoms with Crippen molar-refractivity contribution in [1.29, 1.82) is 0 Å². The standard InChI is InChI=1S/C12H26N2S/c1-4-12(9-15-3)14(2)8-10-5-6-11(13)7-10/h10-12H,4-9,13H2,1-3H3. The molecule has 0 amide bonds. The molecule has 0 spiro atoms. The van der Waals surface area contributed by atoms with Crippen LogP contribution in [0.2, 0.25) is 0 Å². The summed E-state index contributed by atoms with van der Waals surface area (Å²) >= 11 is 1.95. The molecular weight excluding hydrogens is 204 g/mol. The normalized spacial score (nSPS) is 28.6. The fourth-order valence-corrected chi connectivity index (χ4v) is 3.46. The number of nitrogens with two attached hydrogens (primary N) is 1. The number of hydrogen-bond acceptors (Lipinski definition) is 3. The molecule has 0 aliphatic heterocycles. The van der Waals surface area contributed by atoms with Gasteiger partial charge in [-0.2, -0.15) is 11.8 Å². The number of rotatable bonds is 6. The Hall–Kier alpha value is 0.270. The molecule has 3 heteroatoms. The van der Waals surface area contributed by atoms with E-state index in [9.17, 15) is 0 Å². The van der Waals surface area contributed by atoms with Gasteiger partial charge < -0.3 is 10.6 Å². The highest BCUT2D eigenvalue weighted by molar-refractivity contribution is 7.98. The van der Waals surface area contributed by atoms with Crippen molar-refractivity contribution in [2.45, 2.75) is 44.7 Å². The lowest BCUT2D eigenvalue weighted by atomic mass is 10.1. The third kappa shape index (κ3) is 4.33. The topological polar surface area (TPSA) is 29.3 Å². The van der Waals surface area contributed by atoms with Crippen LogP contribution in [0, 0.1) is 5.92 Å². The highest BCUT2D eigenvalue weighted by Gasteiger charge is 2.24. The van der Waals surface area contributed by atoms with Crippen molar-refractivity contribution in [2.24, 2.45) is 11.7 Å². The Kier molecular flexibility index (Phi) is 6.02. The zero-order chi connectivity index (χ0) is 11.3. The molecule has 2 N–H and O–H groups in total. The van der Waals surface area contributed by atoms with Crippen LogP contribution in [-0.2, 0) is 0 Å². The predicted molar refractivity (Wildman–Crippen MR) is 70.4 cm³/mol. The van der Waals surface area contributed by atoms with E-state index in [1.54, 1.807) is 0 Å². The zero-order valence-electron chi connectivity index (χ0n) is 10.4. The van der Waals surface area contributed by atoms with Crippen molar-refractivity contribution in [3.05, 3.63) is 0 Å². The van der Waals surface area contributed by atoms with Crippen LogP contribution in [0.1, 0.15) is 32.6 Å². The molecule has 0 saturated heterocycles. The van der Waals surface area contributed by atoms with Crippen LogP contribution in [0.4, 0.5) is 0 Å². The van der Waals surface area contributed by atoms with Crippen molar-refractivity contribution in [3.8, 4) is 0 Å². The van der Waals surface area contributed by atoms with Gasteiger partial charge in [0.2, 0.25) is 0 Å². The fourth-order valence-electron chi connectivity index (χ4n) is 2.58. The molecule has 1 saturated carbocycles. The summed E-state index contributed by atoms with van der Waals surface area (Å²) in [6.07, 6.45) is 7.26. The molecule has 0 heterocycles. The van der Waals surface area contributed by atoms with Crippen LogP contribution in [0.15, 0.2) is 0 Å². The third-order valence-corrected chi connectivity index (χ3v) is 4.30. The van der Waals surface area contributed by atoms with Crippen molar-refractivity contribution >= 4 is 11.8 Å². The van der Waals surface area contributed by atoms with Gasteiger partial charge in [-0.25, -0.2) is 0 Å². The summed E-state index contributed by atoms with van der Waals surface area (Å²) in [4.78, 5) is 2.54. The van der Waals surface area contributed by atoms with Crippen molar-refractivity contribution < 1.29 is 0 Å². The second kappa shape index (κ2) is 6.77. The van der Waals surface area contributed by atoms with Crippen molar-refractivity contribution in [2.75, 3.05) is 25.6 Å². The molecule has 2 nitrogen and oxygen atoms in total. The Bertz CT molecular complexity index is 175. The van der Waals surface area contributed by atoms with Gasteiger partial charge in [0.05, 0.1) is 0 Å². The van der Waals surface area contributed by atoms with E-state index in [1.807, 2.05) is 11.8 Å². The molecule has 90 valence electrons. The van der Waals surface area contributed by atoms with Gasteiger partial charge in [-0.05, 0) is 44.9 Å². The van der Waals surface area contributed by atoms with Gasteiger partial charge >= 0.3 is 0 Å². The van der Waals surface area contributed by atoms with Gasteiger partial charge in [-0.15, -0.1) is 0 Å². The summed E-state index contributed by atoms with van der Waals surface area (Å²) in [5.74, 6) is 2.10. The summed E-state index contributed by atoms with van der Waals surface area (Å²) in [6.45, 7) is 3.53. The van der Waals surface area contributed by atoms with Crippen molar-refractivity contribution in [3.63, 3.8) is 0 Å². The number of thioether (sulfide) groups is 1. The molecular formula is C12H26N2S. The Morgan fingerprint density at radius 1 is 1.47 bits per heavy atom. The molecule has 0 bridgehead atoms. The molecule has 0 aromatic heterocycles. The molecule has 15 heavy (non-hydrogen) atoms. The Balaban J connectivity index is 2.29. The molecule has 0 aromatic rings. The first-order chi connectivity index (χ1) is 7.17. The molecule has 1 aliphatic rings. The Morgan fingerprint density at radius 3 is 2.67 bits per heavy atom. The summed E-state index contributed by atoms with van der Waals surface area (Å²) in [5, 5.41) is 0. The Labute approximate surface area is 99.0 Å². The van der Waals surface area contributed by atoms with Crippen LogP contribution < -0.4 is 5.73 Å². The van der Waals surface area contributed by atoms with Gasteiger partial charge in [-0.3, -0.25) is 0 Å². The minimum atomic E-state index is 0.476. The van der Waals surface area contributed by atoms with Crippen LogP contribution in [0.25, 0.3) is 0 Å². The lowest BCUT2D eigenvalue weighted by Gasteiger charge is -2.29. The van der Waals surface area contributed by atoms with Crippen LogP contribution in [-0.4, -0.2) is 42.6 Å². The minimum absolute atomic E-state index is 0.476. The third-order valence-electron chi connectivity index (χ3n) is 3.58. The first-order valence-corrected chi connectivity index (χ1v) is 7.51. The fraction of sp³-hybridized carbons (Fsp3) is 1.00. The molecule has 3 unspecified atom stereocenters. The van der Waals surface area contributed by atoms with Gasteiger partial charge in [0.1, 0.15) is 0 Å². The van der Waals surface area contributed by atoms with E-state index in [2.05, 4.69) is 25.1 Å². The maximum absolute atomic E-state index is 5.95. The lowest BCUT2D eigenvalue weighted by molar-refractivity contribution is 0.217. The number of nitrogens with zero attached hydrogens (tertiary/aromatic N) is 1. The average Bonchev–Trinajstić information content (AvgIpc) is 2.60. The predicted octanol–water partition coefficient (Wildman–Crippen LogP) is 2.19. The van der Waals surface area contributed by atoms with Crippen LogP contribution in [0.3, 0.4) is 0 Å². The van der Waals surface area contributed by atoms with E-state index in [4.69, 9.17) is 5.73 Å². The molecule has 1 aliphatic carbocycles. The molecule has 0 radical (unpaired) electrons. The quantitative estimate of drug-likeness (QED) is 0.758. The van der Waals surface area contributed by atoms with Gasteiger partial charge in [0.15, 0.2) is 0 Å². The summed E-state index contributed by atoms with van der Waals surface area (Å²) in [6, 6.07) is 1.22. The molecule has 1 rings (SSSR count). The molecule has 0 aromatic carbocycles. The van der Waals surface area contributed by atoms with E-state index >= 15 is 0 Å². The second-order valence-corrected chi connectivity index (χ2v) is 5.81. The average molecular weight is 230 g/mol. The number of hydrogen-bond donors (Lipinski definition) is 1. The van der Waals surface area contributed by atoms with E-state index in [-0.39, 0.29) is 0 Å². The van der Waals surface area contributed by atoms with E-state index in [0.717, 1.165) is 12.0 Å². The van der Waals surface area contributed by atoms with Gasteiger partial charge in [-0.1, -0.05) is 6.92 Å².